The molecule has 1 aromatic carbocycles. The third-order valence-corrected chi connectivity index (χ3v) is 4.90. The maximum atomic E-state index is 10.9. The van der Waals surface area contributed by atoms with Crippen LogP contribution < -0.4 is 0 Å². The van der Waals surface area contributed by atoms with E-state index in [0.29, 0.717) is 6.42 Å². The van der Waals surface area contributed by atoms with Crippen molar-refractivity contribution in [2.45, 2.75) is 37.6 Å². The molecule has 2 saturated heterocycles. The highest BCUT2D eigenvalue weighted by Crippen LogP contribution is 2.54. The van der Waals surface area contributed by atoms with Crippen LogP contribution in [0.5, 0.6) is 0 Å². The van der Waals surface area contributed by atoms with Crippen molar-refractivity contribution in [3.05, 3.63) is 42.1 Å². The van der Waals surface area contributed by atoms with E-state index in [0.717, 1.165) is 29.3 Å². The van der Waals surface area contributed by atoms with Gasteiger partial charge in [-0.05, 0) is 25.3 Å². The van der Waals surface area contributed by atoms with Crippen molar-refractivity contribution in [1.29, 1.82) is 5.26 Å². The maximum Gasteiger partial charge on any atom is 0.116 e. The highest BCUT2D eigenvalue weighted by atomic mass is 16.5. The Morgan fingerprint density at radius 1 is 1.33 bits per heavy atom. The number of para-hydroxylation sites is 1. The number of aliphatic hydroxyl groups excluding tert-OH is 1. The summed E-state index contributed by atoms with van der Waals surface area (Å²) in [7, 11) is 0. The van der Waals surface area contributed by atoms with Gasteiger partial charge in [0.15, 0.2) is 0 Å². The van der Waals surface area contributed by atoms with E-state index in [-0.39, 0.29) is 12.2 Å². The average molecular weight is 280 g/mol. The first-order chi connectivity index (χ1) is 10.2. The van der Waals surface area contributed by atoms with E-state index in [1.807, 2.05) is 30.3 Å². The van der Waals surface area contributed by atoms with Crippen LogP contribution >= 0.6 is 0 Å². The number of aromatic nitrogens is 1. The van der Waals surface area contributed by atoms with Gasteiger partial charge in [0.25, 0.3) is 0 Å². The number of hydrogen-bond acceptors (Lipinski definition) is 4. The van der Waals surface area contributed by atoms with Gasteiger partial charge in [0, 0.05) is 17.1 Å². The van der Waals surface area contributed by atoms with Crippen LogP contribution in [0.25, 0.3) is 10.9 Å². The lowest BCUT2D eigenvalue weighted by Gasteiger charge is -2.33. The Balaban J connectivity index is 1.83. The second kappa shape index (κ2) is 4.52. The fraction of sp³-hybridized carbons (Fsp3) is 0.412. The lowest BCUT2D eigenvalue weighted by Crippen LogP contribution is -2.37. The Bertz CT molecular complexity index is 734. The Morgan fingerprint density at radius 3 is 2.90 bits per heavy atom. The number of ether oxygens (including phenoxy) is 1. The third kappa shape index (κ3) is 1.71. The molecule has 1 aromatic heterocycles. The predicted molar refractivity (Wildman–Crippen MR) is 77.3 cm³/mol. The molecule has 2 aromatic rings. The topological polar surface area (TPSA) is 66.1 Å². The third-order valence-electron chi connectivity index (χ3n) is 4.90. The summed E-state index contributed by atoms with van der Waals surface area (Å²) in [6.45, 7) is 0. The number of fused-ring (bicyclic) bond motifs is 3. The van der Waals surface area contributed by atoms with Crippen LogP contribution in [0.15, 0.2) is 36.5 Å². The Labute approximate surface area is 123 Å². The molecule has 3 heterocycles. The molecule has 2 bridgehead atoms. The van der Waals surface area contributed by atoms with Crippen LogP contribution in [0.4, 0.5) is 0 Å². The summed E-state index contributed by atoms with van der Waals surface area (Å²) in [5.41, 5.74) is 0.657. The molecule has 0 radical (unpaired) electrons. The molecule has 4 unspecified atom stereocenters. The fourth-order valence-corrected chi connectivity index (χ4v) is 3.84. The smallest absolute Gasteiger partial charge is 0.116 e. The van der Waals surface area contributed by atoms with Gasteiger partial charge in [0.1, 0.15) is 11.5 Å². The van der Waals surface area contributed by atoms with E-state index in [4.69, 9.17) is 4.74 Å². The summed E-state index contributed by atoms with van der Waals surface area (Å²) in [4.78, 5) is 4.39. The molecule has 0 saturated carbocycles. The van der Waals surface area contributed by atoms with Crippen molar-refractivity contribution in [1.82, 2.24) is 4.98 Å². The lowest BCUT2D eigenvalue weighted by atomic mass is 9.69. The van der Waals surface area contributed by atoms with Crippen molar-refractivity contribution in [3.63, 3.8) is 0 Å². The number of nitriles is 1. The second-order valence-corrected chi connectivity index (χ2v) is 6.01. The van der Waals surface area contributed by atoms with Gasteiger partial charge in [-0.3, -0.25) is 4.98 Å². The van der Waals surface area contributed by atoms with Gasteiger partial charge in [0.05, 0.1) is 23.8 Å². The first-order valence-corrected chi connectivity index (χ1v) is 7.33. The highest BCUT2D eigenvalue weighted by molar-refractivity contribution is 5.82. The summed E-state index contributed by atoms with van der Waals surface area (Å²) in [6.07, 6.45) is 3.26. The average Bonchev–Trinajstić information content (AvgIpc) is 3.15. The summed E-state index contributed by atoms with van der Waals surface area (Å²) in [6, 6.07) is 11.9. The molecule has 2 aliphatic rings. The molecule has 1 N–H and O–H groups in total. The summed E-state index contributed by atoms with van der Waals surface area (Å²) in [5, 5.41) is 21.7. The van der Waals surface area contributed by atoms with Crippen LogP contribution in [-0.4, -0.2) is 22.3 Å². The van der Waals surface area contributed by atoms with Crippen LogP contribution in [0.2, 0.25) is 0 Å². The maximum absolute atomic E-state index is 10.9. The van der Waals surface area contributed by atoms with E-state index in [9.17, 15) is 10.4 Å². The summed E-state index contributed by atoms with van der Waals surface area (Å²) in [5.74, 6) is 0. The summed E-state index contributed by atoms with van der Waals surface area (Å²) < 4.78 is 5.83. The minimum atomic E-state index is -0.864. The SMILES string of the molecule is N#CC1(C(O)c2cccc3cccnc23)CC2CCC1O2. The van der Waals surface area contributed by atoms with Gasteiger partial charge in [0.2, 0.25) is 0 Å². The zero-order valence-corrected chi connectivity index (χ0v) is 11.6. The number of aliphatic hydroxyl groups is 1. The first-order valence-electron chi connectivity index (χ1n) is 7.33. The van der Waals surface area contributed by atoms with E-state index in [1.165, 1.54) is 0 Å². The monoisotopic (exact) mass is 280 g/mol. The molecule has 106 valence electrons. The molecule has 4 atom stereocenters. The fourth-order valence-electron chi connectivity index (χ4n) is 3.84. The minimum absolute atomic E-state index is 0.118. The molecule has 0 aliphatic carbocycles. The van der Waals surface area contributed by atoms with Crippen molar-refractivity contribution < 1.29 is 9.84 Å². The first kappa shape index (κ1) is 12.8. The molecule has 2 aliphatic heterocycles. The largest absolute Gasteiger partial charge is 0.387 e. The van der Waals surface area contributed by atoms with Gasteiger partial charge < -0.3 is 9.84 Å². The molecule has 0 spiro atoms. The number of pyridine rings is 1. The van der Waals surface area contributed by atoms with E-state index in [1.54, 1.807) is 6.20 Å². The predicted octanol–water partition coefficient (Wildman–Crippen LogP) is 2.73. The normalized spacial score (nSPS) is 32.2. The number of rotatable bonds is 2. The Morgan fingerprint density at radius 2 is 2.19 bits per heavy atom. The van der Waals surface area contributed by atoms with E-state index in [2.05, 4.69) is 11.1 Å². The Hall–Kier alpha value is -1.96. The number of hydrogen-bond donors (Lipinski definition) is 1. The molecular weight excluding hydrogens is 264 g/mol. The van der Waals surface area contributed by atoms with Crippen LogP contribution in [0.1, 0.15) is 30.9 Å². The number of benzene rings is 1. The molecule has 2 fully saturated rings. The van der Waals surface area contributed by atoms with Crippen molar-refractivity contribution in [2.24, 2.45) is 5.41 Å². The van der Waals surface area contributed by atoms with Crippen LogP contribution in [0, 0.1) is 16.7 Å². The highest BCUT2D eigenvalue weighted by Gasteiger charge is 2.57. The van der Waals surface area contributed by atoms with Crippen molar-refractivity contribution in [2.75, 3.05) is 0 Å². The van der Waals surface area contributed by atoms with E-state index < -0.39 is 11.5 Å². The standard InChI is InChI=1S/C17H16N2O2/c18-10-17(9-12-6-7-14(17)21-12)16(20)13-5-1-3-11-4-2-8-19-15(11)13/h1-5,8,12,14,16,20H,6-7,9H2. The lowest BCUT2D eigenvalue weighted by molar-refractivity contribution is 0.00407. The van der Waals surface area contributed by atoms with Crippen LogP contribution in [0.3, 0.4) is 0 Å². The Kier molecular flexibility index (Phi) is 2.75. The van der Waals surface area contributed by atoms with Gasteiger partial charge in [-0.25, -0.2) is 0 Å². The number of nitrogens with zero attached hydrogens (tertiary/aromatic N) is 2. The van der Waals surface area contributed by atoms with Gasteiger partial charge >= 0.3 is 0 Å². The summed E-state index contributed by atoms with van der Waals surface area (Å²) >= 11 is 0. The van der Waals surface area contributed by atoms with Crippen molar-refractivity contribution in [3.8, 4) is 6.07 Å². The van der Waals surface area contributed by atoms with Gasteiger partial charge in [-0.1, -0.05) is 24.3 Å². The van der Waals surface area contributed by atoms with Gasteiger partial charge in [-0.15, -0.1) is 0 Å². The van der Waals surface area contributed by atoms with Crippen LogP contribution in [-0.2, 0) is 4.74 Å². The van der Waals surface area contributed by atoms with E-state index >= 15 is 0 Å². The molecular formula is C17H16N2O2. The molecule has 21 heavy (non-hydrogen) atoms. The molecule has 0 amide bonds. The zero-order chi connectivity index (χ0) is 14.4. The molecule has 4 rings (SSSR count). The molecule has 4 heteroatoms. The molecule has 4 nitrogen and oxygen atoms in total. The minimum Gasteiger partial charge on any atom is -0.387 e. The zero-order valence-electron chi connectivity index (χ0n) is 11.6. The quantitative estimate of drug-likeness (QED) is 0.918. The second-order valence-electron chi connectivity index (χ2n) is 6.01. The van der Waals surface area contributed by atoms with Gasteiger partial charge in [-0.2, -0.15) is 5.26 Å². The van der Waals surface area contributed by atoms with Crippen molar-refractivity contribution >= 4 is 10.9 Å².